The first-order valence-corrected chi connectivity index (χ1v) is 10.7. The molecule has 31 heavy (non-hydrogen) atoms. The molecule has 0 bridgehead atoms. The second-order valence-electron chi connectivity index (χ2n) is 7.30. The molecule has 1 unspecified atom stereocenters. The predicted octanol–water partition coefficient (Wildman–Crippen LogP) is 4.04. The average Bonchev–Trinajstić information content (AvgIpc) is 3.19. The number of halogens is 1. The summed E-state index contributed by atoms with van der Waals surface area (Å²) in [5, 5.41) is 15.3. The van der Waals surface area contributed by atoms with E-state index in [-0.39, 0.29) is 24.0 Å². The third kappa shape index (κ3) is 7.37. The highest BCUT2D eigenvalue weighted by Gasteiger charge is 2.07. The molecule has 0 aliphatic heterocycles. The van der Waals surface area contributed by atoms with E-state index in [4.69, 9.17) is 9.73 Å². The van der Waals surface area contributed by atoms with Crippen molar-refractivity contribution in [3.8, 4) is 5.75 Å². The number of hydrogen-bond donors (Lipinski definition) is 2. The van der Waals surface area contributed by atoms with Crippen LogP contribution in [0.2, 0.25) is 0 Å². The summed E-state index contributed by atoms with van der Waals surface area (Å²) in [4.78, 5) is 4.71. The van der Waals surface area contributed by atoms with Crippen molar-refractivity contribution in [1.82, 2.24) is 25.2 Å². The number of aromatic nitrogens is 3. The minimum absolute atomic E-state index is 0. The van der Waals surface area contributed by atoms with E-state index in [1.807, 2.05) is 40.9 Å². The van der Waals surface area contributed by atoms with Crippen molar-refractivity contribution >= 4 is 35.6 Å². The van der Waals surface area contributed by atoms with Crippen molar-refractivity contribution in [1.29, 1.82) is 0 Å². The van der Waals surface area contributed by atoms with Crippen molar-refractivity contribution in [2.45, 2.75) is 39.0 Å². The van der Waals surface area contributed by atoms with E-state index < -0.39 is 0 Å². The Kier molecular flexibility index (Phi) is 10.6. The first kappa shape index (κ1) is 24.9. The van der Waals surface area contributed by atoms with Gasteiger partial charge in [-0.05, 0) is 55.5 Å². The van der Waals surface area contributed by atoms with E-state index in [1.54, 1.807) is 7.11 Å². The number of methoxy groups -OCH3 is 1. The molecule has 2 N–H and O–H groups in total. The Morgan fingerprint density at radius 3 is 2.68 bits per heavy atom. The molecule has 0 spiro atoms. The highest BCUT2D eigenvalue weighted by molar-refractivity contribution is 14.0. The number of benzene rings is 1. The van der Waals surface area contributed by atoms with Gasteiger partial charge in [-0.25, -0.2) is 0 Å². The van der Waals surface area contributed by atoms with Crippen LogP contribution in [0.5, 0.6) is 5.75 Å². The SMILES string of the molecule is CCNC(=NCCCc1nnc2ccccn12)NCCC(C)c1ccc(OC)cc1.I. The van der Waals surface area contributed by atoms with Crippen LogP contribution in [-0.2, 0) is 6.42 Å². The molecular weight excluding hydrogens is 503 g/mol. The Morgan fingerprint density at radius 1 is 1.13 bits per heavy atom. The zero-order valence-electron chi connectivity index (χ0n) is 18.5. The number of nitrogens with one attached hydrogen (secondary N) is 2. The van der Waals surface area contributed by atoms with Crippen LogP contribution in [0.25, 0.3) is 5.65 Å². The molecule has 0 saturated carbocycles. The summed E-state index contributed by atoms with van der Waals surface area (Å²) in [7, 11) is 1.69. The van der Waals surface area contributed by atoms with Crippen molar-refractivity contribution in [2.24, 2.45) is 4.99 Å². The summed E-state index contributed by atoms with van der Waals surface area (Å²) in [5.41, 5.74) is 2.21. The molecule has 7 nitrogen and oxygen atoms in total. The van der Waals surface area contributed by atoms with Crippen LogP contribution < -0.4 is 15.4 Å². The second kappa shape index (κ2) is 13.1. The molecule has 2 aromatic heterocycles. The van der Waals surface area contributed by atoms with Crippen LogP contribution in [0.15, 0.2) is 53.7 Å². The standard InChI is InChI=1S/C23H32N6O.HI/c1-4-24-23(26-16-14-18(2)19-10-12-20(30-3)13-11-19)25-15-7-9-22-28-27-21-8-5-6-17-29(21)22;/h5-6,8,10-13,17-18H,4,7,9,14-16H2,1-3H3,(H2,24,25,26);1H. The molecule has 0 aliphatic carbocycles. The van der Waals surface area contributed by atoms with Gasteiger partial charge in [0, 0.05) is 32.3 Å². The van der Waals surface area contributed by atoms with Gasteiger partial charge in [0.1, 0.15) is 11.6 Å². The van der Waals surface area contributed by atoms with Gasteiger partial charge >= 0.3 is 0 Å². The summed E-state index contributed by atoms with van der Waals surface area (Å²) < 4.78 is 7.27. The fraction of sp³-hybridized carbons (Fsp3) is 0.435. The molecule has 168 valence electrons. The summed E-state index contributed by atoms with van der Waals surface area (Å²) in [6.45, 7) is 6.78. The summed E-state index contributed by atoms with van der Waals surface area (Å²) >= 11 is 0. The molecule has 2 heterocycles. The highest BCUT2D eigenvalue weighted by atomic mass is 127. The lowest BCUT2D eigenvalue weighted by atomic mass is 9.98. The quantitative estimate of drug-likeness (QED) is 0.177. The molecule has 0 aliphatic rings. The summed E-state index contributed by atoms with van der Waals surface area (Å²) in [6, 6.07) is 14.2. The lowest BCUT2D eigenvalue weighted by Crippen LogP contribution is -2.38. The minimum atomic E-state index is 0. The van der Waals surface area contributed by atoms with Gasteiger partial charge in [0.15, 0.2) is 11.6 Å². The molecule has 0 saturated heterocycles. The molecule has 1 aromatic carbocycles. The average molecular weight is 536 g/mol. The second-order valence-corrected chi connectivity index (χ2v) is 7.30. The molecular formula is C23H33IN6O. The topological polar surface area (TPSA) is 75.8 Å². The number of guanidine groups is 1. The summed E-state index contributed by atoms with van der Waals surface area (Å²) in [6.07, 6.45) is 4.81. The fourth-order valence-electron chi connectivity index (χ4n) is 3.34. The van der Waals surface area contributed by atoms with E-state index >= 15 is 0 Å². The van der Waals surface area contributed by atoms with Crippen LogP contribution in [-0.4, -0.2) is 47.3 Å². The number of aryl methyl sites for hydroxylation is 1. The summed E-state index contributed by atoms with van der Waals surface area (Å²) in [5.74, 6) is 3.20. The van der Waals surface area contributed by atoms with Crippen LogP contribution in [0.4, 0.5) is 0 Å². The fourth-order valence-corrected chi connectivity index (χ4v) is 3.34. The minimum Gasteiger partial charge on any atom is -0.497 e. The van der Waals surface area contributed by atoms with Gasteiger partial charge in [-0.2, -0.15) is 0 Å². The number of nitrogens with zero attached hydrogens (tertiary/aromatic N) is 4. The Balaban J connectivity index is 0.00000341. The van der Waals surface area contributed by atoms with E-state index in [0.717, 1.165) is 62.1 Å². The maximum absolute atomic E-state index is 5.23. The maximum atomic E-state index is 5.23. The smallest absolute Gasteiger partial charge is 0.191 e. The Labute approximate surface area is 201 Å². The molecule has 3 aromatic rings. The molecule has 0 radical (unpaired) electrons. The molecule has 1 atom stereocenters. The molecule has 3 rings (SSSR count). The Hall–Kier alpha value is -2.36. The Morgan fingerprint density at radius 2 is 1.94 bits per heavy atom. The lowest BCUT2D eigenvalue weighted by molar-refractivity contribution is 0.414. The van der Waals surface area contributed by atoms with Gasteiger partial charge in [0.25, 0.3) is 0 Å². The van der Waals surface area contributed by atoms with E-state index in [0.29, 0.717) is 5.92 Å². The number of fused-ring (bicyclic) bond motifs is 1. The van der Waals surface area contributed by atoms with Gasteiger partial charge in [-0.15, -0.1) is 34.2 Å². The zero-order valence-corrected chi connectivity index (χ0v) is 20.9. The van der Waals surface area contributed by atoms with Crippen LogP contribution in [0.3, 0.4) is 0 Å². The lowest BCUT2D eigenvalue weighted by Gasteiger charge is -2.15. The van der Waals surface area contributed by atoms with E-state index in [9.17, 15) is 0 Å². The van der Waals surface area contributed by atoms with Crippen LogP contribution in [0.1, 0.15) is 44.0 Å². The zero-order chi connectivity index (χ0) is 21.2. The Bertz CT molecular complexity index is 941. The predicted molar refractivity (Wildman–Crippen MR) is 137 cm³/mol. The van der Waals surface area contributed by atoms with Crippen molar-refractivity contribution in [3.63, 3.8) is 0 Å². The number of rotatable bonds is 10. The van der Waals surface area contributed by atoms with E-state index in [1.165, 1.54) is 5.56 Å². The highest BCUT2D eigenvalue weighted by Crippen LogP contribution is 2.21. The monoisotopic (exact) mass is 536 g/mol. The maximum Gasteiger partial charge on any atom is 0.191 e. The van der Waals surface area contributed by atoms with Crippen LogP contribution in [0, 0.1) is 0 Å². The molecule has 0 amide bonds. The molecule has 8 heteroatoms. The van der Waals surface area contributed by atoms with Crippen molar-refractivity contribution < 1.29 is 4.74 Å². The number of pyridine rings is 1. The van der Waals surface area contributed by atoms with Crippen LogP contribution >= 0.6 is 24.0 Å². The first-order valence-electron chi connectivity index (χ1n) is 10.7. The van der Waals surface area contributed by atoms with Gasteiger partial charge in [-0.3, -0.25) is 9.39 Å². The number of hydrogen-bond acceptors (Lipinski definition) is 4. The van der Waals surface area contributed by atoms with Gasteiger partial charge in [-0.1, -0.05) is 25.1 Å². The van der Waals surface area contributed by atoms with Gasteiger partial charge in [0.05, 0.1) is 7.11 Å². The molecule has 0 fully saturated rings. The van der Waals surface area contributed by atoms with Crippen molar-refractivity contribution in [2.75, 3.05) is 26.7 Å². The number of aliphatic imine (C=N–C) groups is 1. The van der Waals surface area contributed by atoms with Gasteiger partial charge < -0.3 is 15.4 Å². The first-order chi connectivity index (χ1) is 14.7. The third-order valence-corrected chi connectivity index (χ3v) is 5.11. The van der Waals surface area contributed by atoms with E-state index in [2.05, 4.69) is 46.8 Å². The number of ether oxygens (including phenoxy) is 1. The third-order valence-electron chi connectivity index (χ3n) is 5.11. The van der Waals surface area contributed by atoms with Crippen molar-refractivity contribution in [3.05, 3.63) is 60.0 Å². The normalized spacial score (nSPS) is 12.3. The largest absolute Gasteiger partial charge is 0.497 e. The van der Waals surface area contributed by atoms with Gasteiger partial charge in [0.2, 0.25) is 0 Å².